The lowest BCUT2D eigenvalue weighted by Crippen LogP contribution is -2.03. The van der Waals surface area contributed by atoms with Gasteiger partial charge in [0.1, 0.15) is 5.75 Å². The highest BCUT2D eigenvalue weighted by Crippen LogP contribution is 2.31. The molecule has 22 heavy (non-hydrogen) atoms. The first-order valence-corrected chi connectivity index (χ1v) is 6.93. The van der Waals surface area contributed by atoms with E-state index in [0.29, 0.717) is 23.5 Å². The molecular weight excluding hydrogens is 280 g/mol. The third-order valence-corrected chi connectivity index (χ3v) is 3.19. The van der Waals surface area contributed by atoms with Gasteiger partial charge in [-0.1, -0.05) is 12.1 Å². The van der Waals surface area contributed by atoms with E-state index < -0.39 is 0 Å². The summed E-state index contributed by atoms with van der Waals surface area (Å²) in [6.07, 6.45) is 0. The molecule has 2 aromatic heterocycles. The first kappa shape index (κ1) is 14.1. The summed E-state index contributed by atoms with van der Waals surface area (Å²) in [6, 6.07) is 11.4. The van der Waals surface area contributed by atoms with Crippen LogP contribution in [0.3, 0.4) is 0 Å². The molecular formula is C16H16N4O2. The number of anilines is 1. The number of nitrogens with zero attached hydrogens (tertiary/aromatic N) is 3. The van der Waals surface area contributed by atoms with Gasteiger partial charge in [-0.05, 0) is 31.2 Å². The van der Waals surface area contributed by atoms with Crippen LogP contribution in [-0.4, -0.2) is 28.7 Å². The first-order valence-electron chi connectivity index (χ1n) is 6.93. The van der Waals surface area contributed by atoms with Crippen molar-refractivity contribution in [3.63, 3.8) is 0 Å². The lowest BCUT2D eigenvalue weighted by atomic mass is 10.1. The number of fused-ring (bicyclic) bond motifs is 1. The maximum absolute atomic E-state index is 5.70. The molecule has 3 aromatic rings. The Morgan fingerprint density at radius 2 is 1.86 bits per heavy atom. The van der Waals surface area contributed by atoms with Crippen molar-refractivity contribution >= 4 is 17.0 Å². The van der Waals surface area contributed by atoms with Gasteiger partial charge in [0.2, 0.25) is 11.8 Å². The number of hydrogen-bond acceptors (Lipinski definition) is 6. The lowest BCUT2D eigenvalue weighted by molar-refractivity contribution is 0.330. The molecule has 0 spiro atoms. The number of rotatable bonds is 4. The van der Waals surface area contributed by atoms with Crippen molar-refractivity contribution in [1.82, 2.24) is 15.0 Å². The molecule has 1 aromatic carbocycles. The van der Waals surface area contributed by atoms with Crippen LogP contribution >= 0.6 is 0 Å². The molecule has 0 unspecified atom stereocenters. The largest absolute Gasteiger partial charge is 0.496 e. The van der Waals surface area contributed by atoms with E-state index in [1.807, 2.05) is 43.3 Å². The second-order valence-electron chi connectivity index (χ2n) is 4.58. The molecule has 0 bridgehead atoms. The van der Waals surface area contributed by atoms with E-state index in [1.165, 1.54) is 0 Å². The van der Waals surface area contributed by atoms with Gasteiger partial charge in [-0.3, -0.25) is 0 Å². The Balaban J connectivity index is 2.20. The molecule has 0 radical (unpaired) electrons. The number of methoxy groups -OCH3 is 1. The number of para-hydroxylation sites is 1. The minimum absolute atomic E-state index is 0.169. The Morgan fingerprint density at radius 1 is 1.05 bits per heavy atom. The highest BCUT2D eigenvalue weighted by atomic mass is 16.5. The summed E-state index contributed by atoms with van der Waals surface area (Å²) in [5.41, 5.74) is 8.59. The van der Waals surface area contributed by atoms with Crippen LogP contribution in [0.5, 0.6) is 11.6 Å². The van der Waals surface area contributed by atoms with E-state index in [2.05, 4.69) is 15.0 Å². The zero-order valence-corrected chi connectivity index (χ0v) is 12.4. The Kier molecular flexibility index (Phi) is 3.74. The fourth-order valence-electron chi connectivity index (χ4n) is 2.25. The summed E-state index contributed by atoms with van der Waals surface area (Å²) in [6.45, 7) is 2.36. The van der Waals surface area contributed by atoms with Crippen LogP contribution in [0.1, 0.15) is 6.92 Å². The van der Waals surface area contributed by atoms with Gasteiger partial charge in [-0.2, -0.15) is 4.98 Å². The van der Waals surface area contributed by atoms with Crippen LogP contribution in [0, 0.1) is 0 Å². The topological polar surface area (TPSA) is 83.2 Å². The van der Waals surface area contributed by atoms with Crippen LogP contribution in [0.4, 0.5) is 5.95 Å². The molecule has 0 saturated carbocycles. The van der Waals surface area contributed by atoms with Gasteiger partial charge in [-0.25, -0.2) is 9.97 Å². The number of aromatic nitrogens is 3. The molecule has 0 atom stereocenters. The van der Waals surface area contributed by atoms with Gasteiger partial charge >= 0.3 is 0 Å². The minimum atomic E-state index is 0.169. The third-order valence-electron chi connectivity index (χ3n) is 3.19. The molecule has 0 saturated heterocycles. The van der Waals surface area contributed by atoms with E-state index in [1.54, 1.807) is 7.11 Å². The number of nitrogens with two attached hydrogens (primary N) is 1. The van der Waals surface area contributed by atoms with Crippen molar-refractivity contribution in [2.75, 3.05) is 19.5 Å². The summed E-state index contributed by atoms with van der Waals surface area (Å²) >= 11 is 0. The lowest BCUT2D eigenvalue weighted by Gasteiger charge is -2.10. The van der Waals surface area contributed by atoms with Crippen molar-refractivity contribution in [2.24, 2.45) is 0 Å². The smallest absolute Gasteiger partial charge is 0.245 e. The first-order chi connectivity index (χ1) is 10.7. The van der Waals surface area contributed by atoms with Gasteiger partial charge in [-0.15, -0.1) is 0 Å². The van der Waals surface area contributed by atoms with Gasteiger partial charge < -0.3 is 15.2 Å². The minimum Gasteiger partial charge on any atom is -0.496 e. The van der Waals surface area contributed by atoms with Gasteiger partial charge in [0.25, 0.3) is 0 Å². The second-order valence-corrected chi connectivity index (χ2v) is 4.58. The monoisotopic (exact) mass is 296 g/mol. The molecule has 0 aliphatic carbocycles. The Bertz CT molecular complexity index is 820. The molecule has 6 heteroatoms. The maximum atomic E-state index is 5.70. The van der Waals surface area contributed by atoms with Crippen LogP contribution in [0.15, 0.2) is 36.4 Å². The molecule has 112 valence electrons. The van der Waals surface area contributed by atoms with Crippen LogP contribution in [0.2, 0.25) is 0 Å². The number of hydrogen-bond donors (Lipinski definition) is 1. The highest BCUT2D eigenvalue weighted by molar-refractivity contribution is 5.83. The normalized spacial score (nSPS) is 10.6. The predicted octanol–water partition coefficient (Wildman–Crippen LogP) is 2.68. The zero-order valence-electron chi connectivity index (χ0n) is 12.4. The fourth-order valence-corrected chi connectivity index (χ4v) is 2.25. The summed E-state index contributed by atoms with van der Waals surface area (Å²) in [5.74, 6) is 1.31. The SMILES string of the molecule is CCOc1nc(N)nc2ccc(-c3ccccc3OC)nc12. The van der Waals surface area contributed by atoms with E-state index in [9.17, 15) is 0 Å². The summed E-state index contributed by atoms with van der Waals surface area (Å²) in [4.78, 5) is 12.9. The standard InChI is InChI=1S/C16H16N4O2/c1-3-22-15-14-12(19-16(17)20-15)9-8-11(18-14)10-6-4-5-7-13(10)21-2/h4-9H,3H2,1-2H3,(H2,17,19,20). The molecule has 2 N–H and O–H groups in total. The molecule has 0 aliphatic rings. The molecule has 3 rings (SSSR count). The van der Waals surface area contributed by atoms with Crippen molar-refractivity contribution in [3.8, 4) is 22.9 Å². The van der Waals surface area contributed by atoms with Gasteiger partial charge in [0, 0.05) is 5.56 Å². The number of pyridine rings is 1. The van der Waals surface area contributed by atoms with E-state index in [4.69, 9.17) is 15.2 Å². The summed E-state index contributed by atoms with van der Waals surface area (Å²) < 4.78 is 10.9. The highest BCUT2D eigenvalue weighted by Gasteiger charge is 2.12. The fraction of sp³-hybridized carbons (Fsp3) is 0.188. The van der Waals surface area contributed by atoms with Gasteiger partial charge in [0.05, 0.1) is 24.9 Å². The van der Waals surface area contributed by atoms with E-state index >= 15 is 0 Å². The zero-order chi connectivity index (χ0) is 15.5. The van der Waals surface area contributed by atoms with E-state index in [-0.39, 0.29) is 5.95 Å². The van der Waals surface area contributed by atoms with Crippen molar-refractivity contribution < 1.29 is 9.47 Å². The quantitative estimate of drug-likeness (QED) is 0.797. The van der Waals surface area contributed by atoms with Crippen molar-refractivity contribution in [3.05, 3.63) is 36.4 Å². The Labute approximate surface area is 127 Å². The van der Waals surface area contributed by atoms with Gasteiger partial charge in [0.15, 0.2) is 5.52 Å². The Morgan fingerprint density at radius 3 is 2.64 bits per heavy atom. The number of nitrogen functional groups attached to an aromatic ring is 1. The third kappa shape index (κ3) is 2.50. The summed E-state index contributed by atoms with van der Waals surface area (Å²) in [5, 5.41) is 0. The molecule has 6 nitrogen and oxygen atoms in total. The summed E-state index contributed by atoms with van der Waals surface area (Å²) in [7, 11) is 1.63. The van der Waals surface area contributed by atoms with Crippen LogP contribution < -0.4 is 15.2 Å². The molecule has 2 heterocycles. The van der Waals surface area contributed by atoms with Crippen molar-refractivity contribution in [1.29, 1.82) is 0 Å². The molecule has 0 fully saturated rings. The van der Waals surface area contributed by atoms with E-state index in [0.717, 1.165) is 17.0 Å². The van der Waals surface area contributed by atoms with Crippen LogP contribution in [-0.2, 0) is 0 Å². The van der Waals surface area contributed by atoms with Crippen molar-refractivity contribution in [2.45, 2.75) is 6.92 Å². The maximum Gasteiger partial charge on any atom is 0.245 e. The average Bonchev–Trinajstić information content (AvgIpc) is 2.54. The predicted molar refractivity (Wildman–Crippen MR) is 84.9 cm³/mol. The molecule has 0 aliphatic heterocycles. The van der Waals surface area contributed by atoms with Crippen LogP contribution in [0.25, 0.3) is 22.3 Å². The molecule has 0 amide bonds. The Hall–Kier alpha value is -2.89. The number of benzene rings is 1. The second kappa shape index (κ2) is 5.85. The average molecular weight is 296 g/mol. The number of ether oxygens (including phenoxy) is 2.